The average molecular weight is 240 g/mol. The summed E-state index contributed by atoms with van der Waals surface area (Å²) in [7, 11) is 0. The summed E-state index contributed by atoms with van der Waals surface area (Å²) in [5.74, 6) is 0. The smallest absolute Gasteiger partial charge is 0.0480 e. The van der Waals surface area contributed by atoms with Crippen molar-refractivity contribution >= 4 is 11.6 Å². The van der Waals surface area contributed by atoms with E-state index >= 15 is 0 Å². The fourth-order valence-corrected chi connectivity index (χ4v) is 2.29. The quantitative estimate of drug-likeness (QED) is 0.875. The minimum atomic E-state index is 0.349. The lowest BCUT2D eigenvalue weighted by atomic mass is 10.0. The summed E-state index contributed by atoms with van der Waals surface area (Å²) in [5, 5.41) is 4.43. The highest BCUT2D eigenvalue weighted by atomic mass is 35.5. The first kappa shape index (κ1) is 11.9. The second-order valence-corrected chi connectivity index (χ2v) is 4.77. The first-order valence-corrected chi connectivity index (χ1v) is 6.23. The Morgan fingerprint density at radius 2 is 2.12 bits per heavy atom. The molecule has 1 aromatic rings. The van der Waals surface area contributed by atoms with Gasteiger partial charge in [0.1, 0.15) is 0 Å². The highest BCUT2D eigenvalue weighted by molar-refractivity contribution is 6.30. The number of hydrogen-bond acceptors (Lipinski definition) is 2. The lowest BCUT2D eigenvalue weighted by molar-refractivity contribution is 0.0754. The fourth-order valence-electron chi connectivity index (χ4n) is 2.09. The van der Waals surface area contributed by atoms with Crippen LogP contribution in [-0.4, -0.2) is 19.3 Å². The van der Waals surface area contributed by atoms with E-state index in [0.29, 0.717) is 12.1 Å². The number of hydrogen-bond donors (Lipinski definition) is 1. The standard InChI is InChI=1S/C13H18ClNO/c1-10(11-3-2-4-12(14)9-11)15-13-5-7-16-8-6-13/h2-4,9-10,13,15H,5-8H2,1H3. The van der Waals surface area contributed by atoms with Crippen LogP contribution in [0.1, 0.15) is 31.4 Å². The van der Waals surface area contributed by atoms with E-state index in [9.17, 15) is 0 Å². The molecule has 1 saturated heterocycles. The average Bonchev–Trinajstić information content (AvgIpc) is 2.30. The van der Waals surface area contributed by atoms with Gasteiger partial charge < -0.3 is 10.1 Å². The lowest BCUT2D eigenvalue weighted by Crippen LogP contribution is -2.36. The van der Waals surface area contributed by atoms with Gasteiger partial charge >= 0.3 is 0 Å². The van der Waals surface area contributed by atoms with E-state index in [0.717, 1.165) is 31.1 Å². The SMILES string of the molecule is CC(NC1CCOCC1)c1cccc(Cl)c1. The maximum Gasteiger partial charge on any atom is 0.0480 e. The molecule has 1 aliphatic rings. The van der Waals surface area contributed by atoms with Gasteiger partial charge in [0, 0.05) is 30.3 Å². The van der Waals surface area contributed by atoms with Crippen LogP contribution in [0.3, 0.4) is 0 Å². The number of rotatable bonds is 3. The van der Waals surface area contributed by atoms with E-state index in [1.54, 1.807) is 0 Å². The molecule has 2 rings (SSSR count). The maximum absolute atomic E-state index is 5.98. The zero-order chi connectivity index (χ0) is 11.4. The van der Waals surface area contributed by atoms with Crippen molar-refractivity contribution in [3.63, 3.8) is 0 Å². The molecule has 2 nitrogen and oxygen atoms in total. The minimum absolute atomic E-state index is 0.349. The molecule has 0 saturated carbocycles. The number of benzene rings is 1. The predicted octanol–water partition coefficient (Wildman–Crippen LogP) is 3.17. The molecule has 1 N–H and O–H groups in total. The molecule has 0 aromatic heterocycles. The van der Waals surface area contributed by atoms with Crippen molar-refractivity contribution in [2.45, 2.75) is 31.8 Å². The van der Waals surface area contributed by atoms with Crippen molar-refractivity contribution in [2.75, 3.05) is 13.2 Å². The highest BCUT2D eigenvalue weighted by Gasteiger charge is 2.16. The number of ether oxygens (including phenoxy) is 1. The normalized spacial score (nSPS) is 19.6. The maximum atomic E-state index is 5.98. The van der Waals surface area contributed by atoms with Crippen LogP contribution < -0.4 is 5.32 Å². The van der Waals surface area contributed by atoms with Crippen LogP contribution >= 0.6 is 11.6 Å². The van der Waals surface area contributed by atoms with Gasteiger partial charge in [0.25, 0.3) is 0 Å². The Hall–Kier alpha value is -0.570. The van der Waals surface area contributed by atoms with Gasteiger partial charge in [-0.25, -0.2) is 0 Å². The summed E-state index contributed by atoms with van der Waals surface area (Å²) in [5.41, 5.74) is 1.25. The van der Waals surface area contributed by atoms with Crippen LogP contribution in [0.25, 0.3) is 0 Å². The van der Waals surface area contributed by atoms with Crippen LogP contribution in [0, 0.1) is 0 Å². The third-order valence-electron chi connectivity index (χ3n) is 3.06. The van der Waals surface area contributed by atoms with E-state index in [2.05, 4.69) is 18.3 Å². The monoisotopic (exact) mass is 239 g/mol. The summed E-state index contributed by atoms with van der Waals surface area (Å²) in [6.45, 7) is 3.93. The van der Waals surface area contributed by atoms with Crippen LogP contribution in [-0.2, 0) is 4.74 Å². The Balaban J connectivity index is 1.94. The molecule has 1 unspecified atom stereocenters. The van der Waals surface area contributed by atoms with Gasteiger partial charge in [-0.05, 0) is 37.5 Å². The minimum Gasteiger partial charge on any atom is -0.381 e. The zero-order valence-corrected chi connectivity index (χ0v) is 10.3. The van der Waals surface area contributed by atoms with E-state index in [1.807, 2.05) is 18.2 Å². The van der Waals surface area contributed by atoms with E-state index in [4.69, 9.17) is 16.3 Å². The van der Waals surface area contributed by atoms with Crippen molar-refractivity contribution in [1.82, 2.24) is 5.32 Å². The van der Waals surface area contributed by atoms with Crippen molar-refractivity contribution in [3.8, 4) is 0 Å². The summed E-state index contributed by atoms with van der Waals surface area (Å²) in [6, 6.07) is 8.97. The van der Waals surface area contributed by atoms with E-state index in [-0.39, 0.29) is 0 Å². The van der Waals surface area contributed by atoms with Crippen LogP contribution in [0.4, 0.5) is 0 Å². The molecule has 0 spiro atoms. The zero-order valence-electron chi connectivity index (χ0n) is 9.58. The molecule has 0 aliphatic carbocycles. The molecular weight excluding hydrogens is 222 g/mol. The summed E-state index contributed by atoms with van der Waals surface area (Å²) < 4.78 is 5.34. The molecule has 1 aliphatic heterocycles. The van der Waals surface area contributed by atoms with Crippen LogP contribution in [0.2, 0.25) is 5.02 Å². The van der Waals surface area contributed by atoms with Crippen LogP contribution in [0.15, 0.2) is 24.3 Å². The van der Waals surface area contributed by atoms with Gasteiger partial charge in [0.15, 0.2) is 0 Å². The Bertz CT molecular complexity index is 336. The Morgan fingerprint density at radius 3 is 2.81 bits per heavy atom. The predicted molar refractivity (Wildman–Crippen MR) is 66.8 cm³/mol. The van der Waals surface area contributed by atoms with Gasteiger partial charge in [-0.3, -0.25) is 0 Å². The van der Waals surface area contributed by atoms with E-state index in [1.165, 1.54) is 5.56 Å². The first-order valence-electron chi connectivity index (χ1n) is 5.85. The molecule has 0 bridgehead atoms. The fraction of sp³-hybridized carbons (Fsp3) is 0.538. The summed E-state index contributed by atoms with van der Waals surface area (Å²) in [4.78, 5) is 0. The number of halogens is 1. The second kappa shape index (κ2) is 5.67. The molecule has 16 heavy (non-hydrogen) atoms. The molecule has 88 valence electrons. The first-order chi connectivity index (χ1) is 7.75. The molecule has 1 aromatic carbocycles. The van der Waals surface area contributed by atoms with Crippen molar-refractivity contribution < 1.29 is 4.74 Å². The van der Waals surface area contributed by atoms with Gasteiger partial charge in [0.2, 0.25) is 0 Å². The third-order valence-corrected chi connectivity index (χ3v) is 3.29. The Kier molecular flexibility index (Phi) is 4.22. The second-order valence-electron chi connectivity index (χ2n) is 4.33. The largest absolute Gasteiger partial charge is 0.381 e. The summed E-state index contributed by atoms with van der Waals surface area (Å²) >= 11 is 5.98. The number of nitrogens with one attached hydrogen (secondary N) is 1. The third kappa shape index (κ3) is 3.21. The van der Waals surface area contributed by atoms with Crippen molar-refractivity contribution in [3.05, 3.63) is 34.9 Å². The van der Waals surface area contributed by atoms with Crippen molar-refractivity contribution in [1.29, 1.82) is 0 Å². The molecular formula is C13H18ClNO. The highest BCUT2D eigenvalue weighted by Crippen LogP contribution is 2.19. The van der Waals surface area contributed by atoms with Crippen LogP contribution in [0.5, 0.6) is 0 Å². The van der Waals surface area contributed by atoms with Crippen molar-refractivity contribution in [2.24, 2.45) is 0 Å². The van der Waals surface area contributed by atoms with Gasteiger partial charge in [0.05, 0.1) is 0 Å². The lowest BCUT2D eigenvalue weighted by Gasteiger charge is -2.27. The molecule has 0 radical (unpaired) electrons. The van der Waals surface area contributed by atoms with Gasteiger partial charge in [-0.15, -0.1) is 0 Å². The Labute approximate surface area is 102 Å². The molecule has 0 amide bonds. The molecule has 1 atom stereocenters. The summed E-state index contributed by atoms with van der Waals surface area (Å²) in [6.07, 6.45) is 2.20. The molecule has 1 fully saturated rings. The van der Waals surface area contributed by atoms with Gasteiger partial charge in [-0.1, -0.05) is 23.7 Å². The Morgan fingerprint density at radius 1 is 1.38 bits per heavy atom. The molecule has 1 heterocycles. The van der Waals surface area contributed by atoms with E-state index < -0.39 is 0 Å². The topological polar surface area (TPSA) is 21.3 Å². The van der Waals surface area contributed by atoms with Gasteiger partial charge in [-0.2, -0.15) is 0 Å². The molecule has 3 heteroatoms.